The van der Waals surface area contributed by atoms with Gasteiger partial charge in [0.15, 0.2) is 0 Å². The zero-order chi connectivity index (χ0) is 21.4. The second-order valence-electron chi connectivity index (χ2n) is 8.80. The van der Waals surface area contributed by atoms with Crippen LogP contribution in [0.5, 0.6) is 0 Å². The maximum absolute atomic E-state index is 13.4. The van der Waals surface area contributed by atoms with Gasteiger partial charge in [-0.25, -0.2) is 0 Å². The molecule has 6 rings (SSSR count). The Hall–Kier alpha value is -3.21. The highest BCUT2D eigenvalue weighted by Gasteiger charge is 2.58. The average Bonchev–Trinajstić information content (AvgIpc) is 3.10. The summed E-state index contributed by atoms with van der Waals surface area (Å²) in [6.07, 6.45) is 6.41. The van der Waals surface area contributed by atoms with Gasteiger partial charge in [0.1, 0.15) is 6.04 Å². The number of hydrogen-bond donors (Lipinski definition) is 1. The molecule has 2 aromatic carbocycles. The van der Waals surface area contributed by atoms with Gasteiger partial charge in [-0.2, -0.15) is 0 Å². The molecule has 1 aliphatic heterocycles. The van der Waals surface area contributed by atoms with Gasteiger partial charge in [0.05, 0.1) is 11.8 Å². The molecule has 0 spiro atoms. The van der Waals surface area contributed by atoms with Crippen molar-refractivity contribution in [1.29, 1.82) is 0 Å². The number of rotatable bonds is 6. The number of likely N-dealkylation sites (tertiary alicyclic amines) is 1. The normalized spacial score (nSPS) is 27.3. The average molecular weight is 415 g/mol. The standard InChI is InChI=1S/C26H26N2O3/c29-24(27-16-18-9-5-2-6-10-18)21(15-17-7-3-1-4-8-17)28-25(30)22-19-11-12-20(14-13-19)23(22)26(28)31/h1-12,19-23H,13-16H2,(H,27,29). The minimum atomic E-state index is -0.837. The molecule has 3 amide bonds. The number of amides is 3. The number of carbonyl (C=O) groups excluding carboxylic acids is 3. The number of nitrogens with one attached hydrogen (secondary N) is 1. The summed E-state index contributed by atoms with van der Waals surface area (Å²) in [6.45, 7) is 0.362. The molecule has 2 aromatic rings. The van der Waals surface area contributed by atoms with E-state index in [9.17, 15) is 14.4 Å². The Morgan fingerprint density at radius 3 is 1.87 bits per heavy atom. The van der Waals surface area contributed by atoms with Crippen LogP contribution in [-0.4, -0.2) is 28.7 Å². The fourth-order valence-corrected chi connectivity index (χ4v) is 5.45. The summed E-state index contributed by atoms with van der Waals surface area (Å²) in [6, 6.07) is 18.4. The second kappa shape index (κ2) is 8.14. The molecule has 1 N–H and O–H groups in total. The maximum Gasteiger partial charge on any atom is 0.243 e. The van der Waals surface area contributed by atoms with E-state index in [1.807, 2.05) is 60.7 Å². The van der Waals surface area contributed by atoms with E-state index in [0.29, 0.717) is 13.0 Å². The number of benzene rings is 2. The predicted molar refractivity (Wildman–Crippen MR) is 116 cm³/mol. The summed E-state index contributed by atoms with van der Waals surface area (Å²) >= 11 is 0. The van der Waals surface area contributed by atoms with Gasteiger partial charge in [0.2, 0.25) is 17.7 Å². The van der Waals surface area contributed by atoms with Gasteiger partial charge in [-0.1, -0.05) is 72.8 Å². The van der Waals surface area contributed by atoms with Gasteiger partial charge in [0.25, 0.3) is 0 Å². The summed E-state index contributed by atoms with van der Waals surface area (Å²) < 4.78 is 0. The van der Waals surface area contributed by atoms with Crippen LogP contribution in [0.2, 0.25) is 0 Å². The number of nitrogens with zero attached hydrogens (tertiary/aromatic N) is 1. The van der Waals surface area contributed by atoms with Crippen LogP contribution in [-0.2, 0) is 27.3 Å². The lowest BCUT2D eigenvalue weighted by Gasteiger charge is -2.38. The minimum absolute atomic E-state index is 0.112. The van der Waals surface area contributed by atoms with Gasteiger partial charge in [-0.15, -0.1) is 0 Å². The molecule has 5 atom stereocenters. The smallest absolute Gasteiger partial charge is 0.243 e. The van der Waals surface area contributed by atoms with Gasteiger partial charge < -0.3 is 5.32 Å². The molecule has 0 radical (unpaired) electrons. The SMILES string of the molecule is O=C(NCc1ccccc1)C(Cc1ccccc1)N1C(=O)C2C3C=CC(CC3)C2C1=O. The fourth-order valence-electron chi connectivity index (χ4n) is 5.45. The summed E-state index contributed by atoms with van der Waals surface area (Å²) in [5, 5.41) is 2.96. The first-order chi connectivity index (χ1) is 15.1. The van der Waals surface area contributed by atoms with Crippen molar-refractivity contribution in [1.82, 2.24) is 10.2 Å². The highest BCUT2D eigenvalue weighted by atomic mass is 16.2. The number of fused-ring (bicyclic) bond motifs is 1. The Morgan fingerprint density at radius 1 is 0.839 bits per heavy atom. The van der Waals surface area contributed by atoms with Crippen LogP contribution >= 0.6 is 0 Å². The molecule has 5 unspecified atom stereocenters. The third-order valence-electron chi connectivity index (χ3n) is 6.99. The van der Waals surface area contributed by atoms with Crippen LogP contribution < -0.4 is 5.32 Å². The van der Waals surface area contributed by atoms with Gasteiger partial charge in [-0.3, -0.25) is 19.3 Å². The molecule has 4 aliphatic rings. The van der Waals surface area contributed by atoms with Gasteiger partial charge in [0, 0.05) is 13.0 Å². The molecule has 5 nitrogen and oxygen atoms in total. The van der Waals surface area contributed by atoms with E-state index in [2.05, 4.69) is 17.5 Å². The van der Waals surface area contributed by atoms with Crippen molar-refractivity contribution in [2.24, 2.45) is 23.7 Å². The molecule has 2 bridgehead atoms. The minimum Gasteiger partial charge on any atom is -0.350 e. The lowest BCUT2D eigenvalue weighted by molar-refractivity contribution is -0.148. The Morgan fingerprint density at radius 2 is 1.35 bits per heavy atom. The molecule has 31 heavy (non-hydrogen) atoms. The van der Waals surface area contributed by atoms with Crippen LogP contribution in [0.15, 0.2) is 72.8 Å². The molecule has 2 fully saturated rings. The molecule has 5 heteroatoms. The Kier molecular flexibility index (Phi) is 5.18. The first-order valence-electron chi connectivity index (χ1n) is 11.0. The summed E-state index contributed by atoms with van der Waals surface area (Å²) in [5.41, 5.74) is 1.91. The van der Waals surface area contributed by atoms with E-state index in [1.54, 1.807) is 0 Å². The predicted octanol–water partition coefficient (Wildman–Crippen LogP) is 3.11. The Labute approximate surface area is 182 Å². The maximum atomic E-state index is 13.4. The van der Waals surface area contributed by atoms with E-state index < -0.39 is 6.04 Å². The molecule has 1 saturated heterocycles. The first kappa shape index (κ1) is 19.7. The van der Waals surface area contributed by atoms with Crippen molar-refractivity contribution in [3.8, 4) is 0 Å². The highest BCUT2D eigenvalue weighted by molar-refractivity contribution is 6.09. The topological polar surface area (TPSA) is 66.5 Å². The van der Waals surface area contributed by atoms with Gasteiger partial charge >= 0.3 is 0 Å². The molecule has 158 valence electrons. The lowest BCUT2D eigenvalue weighted by atomic mass is 9.63. The summed E-state index contributed by atoms with van der Waals surface area (Å²) in [4.78, 5) is 41.5. The van der Waals surface area contributed by atoms with E-state index in [1.165, 1.54) is 4.90 Å². The highest BCUT2D eigenvalue weighted by Crippen LogP contribution is 2.50. The number of carbonyl (C=O) groups is 3. The number of hydrogen-bond acceptors (Lipinski definition) is 3. The number of allylic oxidation sites excluding steroid dienone is 2. The zero-order valence-corrected chi connectivity index (χ0v) is 17.3. The molecule has 1 heterocycles. The van der Waals surface area contributed by atoms with Crippen LogP contribution in [0.3, 0.4) is 0 Å². The molecular weight excluding hydrogens is 388 g/mol. The van der Waals surface area contributed by atoms with Crippen molar-refractivity contribution < 1.29 is 14.4 Å². The van der Waals surface area contributed by atoms with Crippen molar-refractivity contribution in [2.75, 3.05) is 0 Å². The van der Waals surface area contributed by atoms with E-state index >= 15 is 0 Å². The van der Waals surface area contributed by atoms with Crippen molar-refractivity contribution in [3.63, 3.8) is 0 Å². The Bertz CT molecular complexity index is 985. The van der Waals surface area contributed by atoms with Crippen LogP contribution in [0.25, 0.3) is 0 Å². The van der Waals surface area contributed by atoms with Crippen LogP contribution in [0, 0.1) is 23.7 Å². The molecule has 3 aliphatic carbocycles. The summed E-state index contributed by atoms with van der Waals surface area (Å²) in [7, 11) is 0. The summed E-state index contributed by atoms with van der Waals surface area (Å²) in [5.74, 6) is -1.03. The number of imide groups is 1. The van der Waals surface area contributed by atoms with Crippen molar-refractivity contribution in [2.45, 2.75) is 31.8 Å². The lowest BCUT2D eigenvalue weighted by Crippen LogP contribution is -2.51. The zero-order valence-electron chi connectivity index (χ0n) is 17.3. The van der Waals surface area contributed by atoms with E-state index in [-0.39, 0.29) is 41.4 Å². The molecular formula is C26H26N2O3. The van der Waals surface area contributed by atoms with Crippen molar-refractivity contribution in [3.05, 3.63) is 83.9 Å². The quantitative estimate of drug-likeness (QED) is 0.583. The van der Waals surface area contributed by atoms with Crippen LogP contribution in [0.1, 0.15) is 24.0 Å². The third kappa shape index (κ3) is 3.58. The van der Waals surface area contributed by atoms with Crippen molar-refractivity contribution >= 4 is 17.7 Å². The van der Waals surface area contributed by atoms with Crippen LogP contribution in [0.4, 0.5) is 0 Å². The third-order valence-corrected chi connectivity index (χ3v) is 6.99. The first-order valence-corrected chi connectivity index (χ1v) is 11.0. The van der Waals surface area contributed by atoms with Gasteiger partial charge in [-0.05, 0) is 35.8 Å². The largest absolute Gasteiger partial charge is 0.350 e. The van der Waals surface area contributed by atoms with E-state index in [0.717, 1.165) is 24.0 Å². The van der Waals surface area contributed by atoms with E-state index in [4.69, 9.17) is 0 Å². The molecule has 0 aromatic heterocycles. The fraction of sp³-hybridized carbons (Fsp3) is 0.346. The monoisotopic (exact) mass is 414 g/mol. The Balaban J connectivity index is 1.42. The second-order valence-corrected chi connectivity index (χ2v) is 8.80. The molecule has 1 saturated carbocycles.